The Balaban J connectivity index is 5.40. The van der Waals surface area contributed by atoms with Crippen LogP contribution in [0.5, 0.6) is 0 Å². The van der Waals surface area contributed by atoms with Crippen molar-refractivity contribution >= 4 is 39.5 Å². The fourth-order valence-corrected chi connectivity index (χ4v) is 13.0. The van der Waals surface area contributed by atoms with Crippen LogP contribution < -0.4 is 0 Å². The van der Waals surface area contributed by atoms with Crippen molar-refractivity contribution < 1.29 is 80.2 Å². The number of ether oxygens (including phenoxy) is 4. The number of esters is 4. The molecule has 0 fully saturated rings. The summed E-state index contributed by atoms with van der Waals surface area (Å²) >= 11 is 0. The Hall–Kier alpha value is -3.76. The van der Waals surface area contributed by atoms with Crippen LogP contribution in [-0.4, -0.2) is 96.7 Å². The van der Waals surface area contributed by atoms with Gasteiger partial charge in [0.25, 0.3) is 0 Å². The molecule has 0 radical (unpaired) electrons. The van der Waals surface area contributed by atoms with Crippen molar-refractivity contribution in [2.45, 2.75) is 393 Å². The fraction of sp³-hybridized carbons (Fsp3) is 0.788. The van der Waals surface area contributed by atoms with E-state index in [4.69, 9.17) is 37.0 Å². The molecule has 0 amide bonds. The topological polar surface area (TPSA) is 237 Å². The van der Waals surface area contributed by atoms with Crippen molar-refractivity contribution in [1.29, 1.82) is 0 Å². The van der Waals surface area contributed by atoms with Gasteiger partial charge in [0.1, 0.15) is 19.3 Å². The van der Waals surface area contributed by atoms with Gasteiger partial charge in [-0.25, -0.2) is 9.13 Å². The summed E-state index contributed by atoms with van der Waals surface area (Å²) in [5.74, 6) is -2.24. The first-order valence-corrected chi connectivity index (χ1v) is 44.8. The molecule has 5 atom stereocenters. The summed E-state index contributed by atoms with van der Waals surface area (Å²) in [7, 11) is -9.97. The van der Waals surface area contributed by atoms with Gasteiger partial charge in [-0.2, -0.15) is 0 Å². The molecule has 0 saturated carbocycles. The van der Waals surface area contributed by atoms with Gasteiger partial charge in [-0.15, -0.1) is 0 Å². The van der Waals surface area contributed by atoms with Crippen LogP contribution in [-0.2, 0) is 65.4 Å². The second-order valence-corrected chi connectivity index (χ2v) is 31.0. The van der Waals surface area contributed by atoms with Crippen molar-refractivity contribution in [3.05, 3.63) is 85.1 Å². The van der Waals surface area contributed by atoms with E-state index in [-0.39, 0.29) is 25.7 Å². The van der Waals surface area contributed by atoms with E-state index in [2.05, 4.69) is 101 Å². The Labute approximate surface area is 634 Å². The summed E-state index contributed by atoms with van der Waals surface area (Å²) in [6, 6.07) is 0. The number of hydrogen-bond donors (Lipinski definition) is 3. The molecule has 104 heavy (non-hydrogen) atoms. The van der Waals surface area contributed by atoms with Crippen molar-refractivity contribution in [1.82, 2.24) is 0 Å². The molecule has 0 aliphatic carbocycles. The minimum Gasteiger partial charge on any atom is -0.462 e. The van der Waals surface area contributed by atoms with E-state index >= 15 is 0 Å². The molecule has 2 unspecified atom stereocenters. The molecule has 0 saturated heterocycles. The third kappa shape index (κ3) is 76.4. The predicted octanol–water partition coefficient (Wildman–Crippen LogP) is 24.6. The van der Waals surface area contributed by atoms with E-state index in [1.54, 1.807) is 0 Å². The molecule has 604 valence electrons. The smallest absolute Gasteiger partial charge is 0.462 e. The number of hydrogen-bond acceptors (Lipinski definition) is 15. The van der Waals surface area contributed by atoms with E-state index in [0.717, 1.165) is 135 Å². The number of phosphoric acid groups is 2. The molecule has 0 bridgehead atoms. The minimum absolute atomic E-state index is 0.0685. The lowest BCUT2D eigenvalue weighted by Gasteiger charge is -2.21. The Morgan fingerprint density at radius 1 is 0.269 bits per heavy atom. The van der Waals surface area contributed by atoms with Crippen molar-refractivity contribution in [3.63, 3.8) is 0 Å². The number of carbonyl (C=O) groups excluding carboxylic acids is 4. The number of allylic oxidation sites excluding steroid dienone is 14. The second-order valence-electron chi connectivity index (χ2n) is 28.1. The van der Waals surface area contributed by atoms with Gasteiger partial charge in [-0.3, -0.25) is 37.3 Å². The SMILES string of the molecule is CCCCC/C=C\C/C=C\C/C=C\C/C=C\CCCC(=O)OC[C@H](COP(=O)(O)OC[C@@H](O)COP(=O)(O)OC[C@@H](COC(=O)CCCCCCC/C=C\CCCCCCCC)OC(=O)CCCCCCCCCCCCCCCCCCC)OC(=O)CCCCCCC/C=C\C/C=C\CCCCC. The molecule has 0 aromatic carbocycles. The lowest BCUT2D eigenvalue weighted by atomic mass is 10.0. The normalized spacial score (nSPS) is 14.3. The van der Waals surface area contributed by atoms with E-state index in [9.17, 15) is 43.2 Å². The Morgan fingerprint density at radius 2 is 0.481 bits per heavy atom. The molecule has 3 N–H and O–H groups in total. The van der Waals surface area contributed by atoms with Crippen LogP contribution >= 0.6 is 15.6 Å². The molecule has 0 aromatic heterocycles. The maximum atomic E-state index is 13.1. The van der Waals surface area contributed by atoms with E-state index < -0.39 is 97.5 Å². The summed E-state index contributed by atoms with van der Waals surface area (Å²) in [5, 5.41) is 10.7. The Bertz CT molecular complexity index is 2300. The number of unbranched alkanes of at least 4 members (excludes halogenated alkanes) is 39. The van der Waals surface area contributed by atoms with Crippen LogP contribution in [0.15, 0.2) is 85.1 Å². The lowest BCUT2D eigenvalue weighted by Crippen LogP contribution is -2.30. The first-order valence-electron chi connectivity index (χ1n) is 41.8. The number of phosphoric ester groups is 2. The zero-order valence-corrected chi connectivity index (χ0v) is 68.0. The maximum Gasteiger partial charge on any atom is 0.472 e. The second kappa shape index (κ2) is 77.4. The lowest BCUT2D eigenvalue weighted by molar-refractivity contribution is -0.161. The number of carbonyl (C=O) groups is 4. The maximum absolute atomic E-state index is 13.1. The summed E-state index contributed by atoms with van der Waals surface area (Å²) in [6.45, 7) is 4.80. The summed E-state index contributed by atoms with van der Waals surface area (Å²) in [6.07, 6.45) is 81.3. The van der Waals surface area contributed by atoms with Gasteiger partial charge in [0.05, 0.1) is 26.4 Å². The third-order valence-electron chi connectivity index (χ3n) is 17.8. The minimum atomic E-state index is -4.99. The van der Waals surface area contributed by atoms with E-state index in [0.29, 0.717) is 32.1 Å². The van der Waals surface area contributed by atoms with Crippen LogP contribution in [0.4, 0.5) is 0 Å². The van der Waals surface area contributed by atoms with Crippen LogP contribution in [0.2, 0.25) is 0 Å². The highest BCUT2D eigenvalue weighted by Crippen LogP contribution is 2.45. The van der Waals surface area contributed by atoms with Crippen LogP contribution in [0.3, 0.4) is 0 Å². The van der Waals surface area contributed by atoms with Crippen LogP contribution in [0.25, 0.3) is 0 Å². The third-order valence-corrected chi connectivity index (χ3v) is 19.7. The van der Waals surface area contributed by atoms with Gasteiger partial charge < -0.3 is 33.8 Å². The molecule has 0 spiro atoms. The molecular formula is C85H152O17P2. The highest BCUT2D eigenvalue weighted by atomic mass is 31.2. The molecule has 19 heteroatoms. The molecule has 0 rings (SSSR count). The molecular weight excluding hydrogens is 1350 g/mol. The number of rotatable bonds is 79. The highest BCUT2D eigenvalue weighted by molar-refractivity contribution is 7.47. The van der Waals surface area contributed by atoms with Crippen molar-refractivity contribution in [2.75, 3.05) is 39.6 Å². The average Bonchev–Trinajstić information content (AvgIpc) is 0.909. The monoisotopic (exact) mass is 1510 g/mol. The standard InChI is InChI=1S/C85H152O17P2/c1-5-9-13-17-21-25-29-33-37-39-43-46-50-54-58-62-66-70-83(88)96-76-80(101-84(89)71-67-63-59-55-51-47-42-36-32-28-24-20-16-12-8-4)77-99-103(91,92)97-73-79(86)74-98-104(93,94)100-78-81(75-95-82(87)69-65-61-57-53-49-45-41-35-31-27-23-19-15-11-7-3)102-85(90)72-68-64-60-56-52-48-44-40-38-34-30-26-22-18-14-10-6-2/h21,24-25,28,33,35-37,41-43,46,54,58,79-81,86H,5-20,22-23,26-27,29-32,34,38-40,44-45,47-53,55-57,59-78H2,1-4H3,(H,91,92)(H,93,94)/b25-21-,28-24-,37-33-,41-35-,42-36-,46-43-,58-54-/t79-,80-,81-/m1/s1. The Kier molecular flexibility index (Phi) is 74.6. The summed E-state index contributed by atoms with van der Waals surface area (Å²) in [4.78, 5) is 73.1. The van der Waals surface area contributed by atoms with Gasteiger partial charge in [-0.1, -0.05) is 312 Å². The molecule has 17 nitrogen and oxygen atoms in total. The van der Waals surface area contributed by atoms with Gasteiger partial charge >= 0.3 is 39.5 Å². The first-order chi connectivity index (χ1) is 50.7. The van der Waals surface area contributed by atoms with Crippen molar-refractivity contribution in [3.8, 4) is 0 Å². The molecule has 0 heterocycles. The largest absolute Gasteiger partial charge is 0.472 e. The Morgan fingerprint density at radius 3 is 0.788 bits per heavy atom. The zero-order valence-electron chi connectivity index (χ0n) is 66.2. The number of aliphatic hydroxyl groups is 1. The van der Waals surface area contributed by atoms with Gasteiger partial charge in [0, 0.05) is 25.7 Å². The summed E-state index contributed by atoms with van der Waals surface area (Å²) < 4.78 is 68.7. The van der Waals surface area contributed by atoms with E-state index in [1.165, 1.54) is 154 Å². The zero-order chi connectivity index (χ0) is 76.0. The van der Waals surface area contributed by atoms with E-state index in [1.807, 2.05) is 12.2 Å². The predicted molar refractivity (Wildman–Crippen MR) is 427 cm³/mol. The van der Waals surface area contributed by atoms with Gasteiger partial charge in [0.2, 0.25) is 0 Å². The summed E-state index contributed by atoms with van der Waals surface area (Å²) in [5.41, 5.74) is 0. The van der Waals surface area contributed by atoms with Crippen LogP contribution in [0, 0.1) is 0 Å². The van der Waals surface area contributed by atoms with Gasteiger partial charge in [-0.05, 0) is 122 Å². The fourth-order valence-electron chi connectivity index (χ4n) is 11.4. The van der Waals surface area contributed by atoms with Crippen molar-refractivity contribution in [2.24, 2.45) is 0 Å². The highest BCUT2D eigenvalue weighted by Gasteiger charge is 2.30. The molecule has 0 aliphatic rings. The average molecular weight is 1510 g/mol. The molecule has 0 aromatic rings. The molecule has 0 aliphatic heterocycles. The van der Waals surface area contributed by atoms with Gasteiger partial charge in [0.15, 0.2) is 12.2 Å². The number of aliphatic hydroxyl groups excluding tert-OH is 1. The van der Waals surface area contributed by atoms with Crippen LogP contribution in [0.1, 0.15) is 374 Å². The quantitative estimate of drug-likeness (QED) is 0.0169. The first kappa shape index (κ1) is 100.